The van der Waals surface area contributed by atoms with Crippen LogP contribution in [0.2, 0.25) is 0 Å². The van der Waals surface area contributed by atoms with Gasteiger partial charge in [-0.1, -0.05) is 256 Å². The number of unbranched alkanes of at least 4 members (excludes halogenated alkanes) is 36. The molecule has 3 saturated heterocycles. The first kappa shape index (κ1) is 82.2. The van der Waals surface area contributed by atoms with E-state index in [0.717, 1.165) is 57.8 Å². The summed E-state index contributed by atoms with van der Waals surface area (Å²) in [6, 6.07) is -0.968. The molecule has 1 amide bonds. The highest BCUT2D eigenvalue weighted by atomic mass is 16.8. The Bertz CT molecular complexity index is 1780. The average Bonchev–Trinajstić information content (AvgIpc) is 0.847. The van der Waals surface area contributed by atoms with Crippen LogP contribution in [0.3, 0.4) is 0 Å². The van der Waals surface area contributed by atoms with Gasteiger partial charge in [0.15, 0.2) is 18.9 Å². The summed E-state index contributed by atoms with van der Waals surface area (Å²) in [5.74, 6) is -0.275. The monoisotopic (exact) mass is 1290 g/mol. The minimum Gasteiger partial charge on any atom is -0.394 e. The Kier molecular flexibility index (Phi) is 48.6. The molecule has 90 heavy (non-hydrogen) atoms. The molecule has 0 aromatic rings. The van der Waals surface area contributed by atoms with Crippen molar-refractivity contribution in [3.8, 4) is 0 Å². The van der Waals surface area contributed by atoms with Gasteiger partial charge in [0.1, 0.15) is 73.2 Å². The summed E-state index contributed by atoms with van der Waals surface area (Å²) in [6.07, 6.45) is 36.3. The van der Waals surface area contributed by atoms with Crippen LogP contribution in [0.1, 0.15) is 277 Å². The van der Waals surface area contributed by atoms with Gasteiger partial charge in [0.05, 0.1) is 38.6 Å². The van der Waals surface area contributed by atoms with Crippen molar-refractivity contribution in [3.05, 3.63) is 36.5 Å². The highest BCUT2D eigenvalue weighted by molar-refractivity contribution is 5.76. The van der Waals surface area contributed by atoms with E-state index in [4.69, 9.17) is 28.4 Å². The van der Waals surface area contributed by atoms with Gasteiger partial charge < -0.3 is 89.9 Å². The molecule has 0 aliphatic carbocycles. The first-order valence-corrected chi connectivity index (χ1v) is 36.2. The van der Waals surface area contributed by atoms with Crippen LogP contribution in [-0.2, 0) is 33.2 Å². The fourth-order valence-corrected chi connectivity index (χ4v) is 12.3. The Hall–Kier alpha value is -1.99. The molecular weight excluding hydrogens is 1150 g/mol. The second kappa shape index (κ2) is 53.2. The summed E-state index contributed by atoms with van der Waals surface area (Å²) < 4.78 is 34.2. The Morgan fingerprint density at radius 3 is 1.13 bits per heavy atom. The number of allylic oxidation sites excluding steroid dienone is 5. The van der Waals surface area contributed by atoms with E-state index >= 15 is 0 Å². The van der Waals surface area contributed by atoms with Gasteiger partial charge in [-0.15, -0.1) is 0 Å². The van der Waals surface area contributed by atoms with Gasteiger partial charge in [-0.2, -0.15) is 0 Å². The zero-order chi connectivity index (χ0) is 65.4. The van der Waals surface area contributed by atoms with Crippen molar-refractivity contribution < 1.29 is 89.4 Å². The third-order valence-electron chi connectivity index (χ3n) is 18.2. The molecule has 17 unspecified atom stereocenters. The van der Waals surface area contributed by atoms with Crippen LogP contribution in [0.25, 0.3) is 0 Å². The summed E-state index contributed by atoms with van der Waals surface area (Å²) >= 11 is 0. The van der Waals surface area contributed by atoms with Crippen molar-refractivity contribution >= 4 is 5.91 Å². The highest BCUT2D eigenvalue weighted by Gasteiger charge is 2.53. The molecule has 12 N–H and O–H groups in total. The molecule has 0 aromatic carbocycles. The van der Waals surface area contributed by atoms with E-state index in [9.17, 15) is 61.0 Å². The van der Waals surface area contributed by atoms with Gasteiger partial charge in [0.25, 0.3) is 0 Å². The Morgan fingerprint density at radius 2 is 0.733 bits per heavy atom. The van der Waals surface area contributed by atoms with E-state index in [2.05, 4.69) is 43.5 Å². The molecule has 3 fully saturated rings. The van der Waals surface area contributed by atoms with Crippen LogP contribution in [0.4, 0.5) is 0 Å². The van der Waals surface area contributed by atoms with E-state index in [1.165, 1.54) is 193 Å². The third kappa shape index (κ3) is 34.6. The largest absolute Gasteiger partial charge is 0.394 e. The van der Waals surface area contributed by atoms with Crippen molar-refractivity contribution in [2.24, 2.45) is 0 Å². The van der Waals surface area contributed by atoms with Gasteiger partial charge in [0, 0.05) is 6.42 Å². The maximum Gasteiger partial charge on any atom is 0.220 e. The van der Waals surface area contributed by atoms with Gasteiger partial charge in [-0.3, -0.25) is 4.79 Å². The quantitative estimate of drug-likeness (QED) is 0.0199. The van der Waals surface area contributed by atoms with Crippen molar-refractivity contribution in [1.29, 1.82) is 0 Å². The number of carbonyl (C=O) groups is 1. The zero-order valence-electron chi connectivity index (χ0n) is 55.9. The van der Waals surface area contributed by atoms with E-state index in [1.807, 2.05) is 6.08 Å². The normalized spacial score (nSPS) is 28.2. The Labute approximate surface area is 542 Å². The van der Waals surface area contributed by atoms with Gasteiger partial charge in [-0.25, -0.2) is 0 Å². The molecule has 17 atom stereocenters. The van der Waals surface area contributed by atoms with Crippen molar-refractivity contribution in [2.45, 2.75) is 381 Å². The van der Waals surface area contributed by atoms with Gasteiger partial charge >= 0.3 is 0 Å². The Morgan fingerprint density at radius 1 is 0.400 bits per heavy atom. The number of amides is 1. The van der Waals surface area contributed by atoms with Crippen molar-refractivity contribution in [2.75, 3.05) is 26.4 Å². The minimum atomic E-state index is -1.98. The molecule has 19 heteroatoms. The van der Waals surface area contributed by atoms with E-state index < -0.39 is 124 Å². The second-order valence-electron chi connectivity index (χ2n) is 26.1. The topological polar surface area (TPSA) is 307 Å². The standard InChI is InChI=1S/C71H131NO18/c1-3-5-7-9-11-13-14-15-16-17-18-19-20-21-22-23-24-25-26-27-28-29-30-31-32-33-34-35-36-37-38-39-40-41-43-45-47-49-59(77)72-54(55(76)48-46-44-42-12-10-8-6-4-2)53-85-69-65(83)62(80)67(57(51-74)87-69)90-71-66(84)63(81)68(58(52-75)88-71)89-70-64(82)61(79)60(78)56(50-73)86-70/h14-15,17-18,46,48,54-58,60-71,73-76,78-84H,3-13,16,19-45,47,49-53H2,1-2H3,(H,72,77)/b15-14-,18-17-,48-46+. The maximum atomic E-state index is 13.3. The zero-order valence-corrected chi connectivity index (χ0v) is 55.9. The summed E-state index contributed by atoms with van der Waals surface area (Å²) in [7, 11) is 0. The van der Waals surface area contributed by atoms with Crippen LogP contribution in [0.15, 0.2) is 36.5 Å². The fourth-order valence-electron chi connectivity index (χ4n) is 12.3. The minimum absolute atomic E-state index is 0.247. The van der Waals surface area contributed by atoms with E-state index in [1.54, 1.807) is 6.08 Å². The van der Waals surface area contributed by atoms with E-state index in [0.29, 0.717) is 6.42 Å². The molecule has 3 aliphatic heterocycles. The molecule has 0 spiro atoms. The van der Waals surface area contributed by atoms with Crippen LogP contribution in [0, 0.1) is 0 Å². The molecule has 0 radical (unpaired) electrons. The number of hydrogen-bond donors (Lipinski definition) is 12. The summed E-state index contributed by atoms with van der Waals surface area (Å²) in [5.41, 5.74) is 0. The number of hydrogen-bond acceptors (Lipinski definition) is 18. The number of carbonyl (C=O) groups excluding carboxylic acids is 1. The SMILES string of the molecule is CCCCCCC/C=C\C/C=C\CCCCCCCCCCCCCCCCCCCCCCCCCCCC(=O)NC(COC1OC(CO)C(OC2OC(CO)C(OC3OC(CO)C(O)C(O)C3O)C(O)C2O)C(O)C1O)C(O)/C=C/CCCCCCCC. The summed E-state index contributed by atoms with van der Waals surface area (Å²) in [6.45, 7) is 1.68. The molecule has 528 valence electrons. The fraction of sp³-hybridized carbons (Fsp3) is 0.901. The summed E-state index contributed by atoms with van der Waals surface area (Å²) in [4.78, 5) is 13.3. The van der Waals surface area contributed by atoms with Crippen LogP contribution in [0.5, 0.6) is 0 Å². The lowest BCUT2D eigenvalue weighted by Crippen LogP contribution is -2.66. The lowest BCUT2D eigenvalue weighted by molar-refractivity contribution is -0.379. The highest BCUT2D eigenvalue weighted by Crippen LogP contribution is 2.33. The predicted molar refractivity (Wildman–Crippen MR) is 351 cm³/mol. The molecule has 3 aliphatic rings. The molecule has 19 nitrogen and oxygen atoms in total. The predicted octanol–water partition coefficient (Wildman–Crippen LogP) is 10.00. The van der Waals surface area contributed by atoms with Crippen LogP contribution < -0.4 is 5.32 Å². The number of aliphatic hydroxyl groups is 11. The smallest absolute Gasteiger partial charge is 0.220 e. The molecule has 0 saturated carbocycles. The maximum absolute atomic E-state index is 13.3. The van der Waals surface area contributed by atoms with Crippen LogP contribution in [-0.4, -0.2) is 193 Å². The lowest BCUT2D eigenvalue weighted by atomic mass is 9.96. The average molecular weight is 1290 g/mol. The number of ether oxygens (including phenoxy) is 6. The first-order chi connectivity index (χ1) is 43.8. The molecular formula is C71H131NO18. The summed E-state index contributed by atoms with van der Waals surface area (Å²) in [5, 5.41) is 120. The number of rotatable bonds is 56. The Balaban J connectivity index is 1.26. The second-order valence-corrected chi connectivity index (χ2v) is 26.1. The van der Waals surface area contributed by atoms with Gasteiger partial charge in [0.2, 0.25) is 5.91 Å². The third-order valence-corrected chi connectivity index (χ3v) is 18.2. The van der Waals surface area contributed by atoms with Gasteiger partial charge in [-0.05, 0) is 51.4 Å². The molecule has 3 rings (SSSR count). The lowest BCUT2D eigenvalue weighted by Gasteiger charge is -2.48. The number of nitrogens with one attached hydrogen (secondary N) is 1. The molecule has 3 heterocycles. The van der Waals surface area contributed by atoms with E-state index in [-0.39, 0.29) is 18.9 Å². The molecule has 0 aromatic heterocycles. The van der Waals surface area contributed by atoms with Crippen molar-refractivity contribution in [3.63, 3.8) is 0 Å². The first-order valence-electron chi connectivity index (χ1n) is 36.2. The molecule has 0 bridgehead atoms. The number of aliphatic hydroxyl groups excluding tert-OH is 11. The van der Waals surface area contributed by atoms with Crippen LogP contribution >= 0.6 is 0 Å². The van der Waals surface area contributed by atoms with Crippen molar-refractivity contribution in [1.82, 2.24) is 5.32 Å².